The average molecular weight is 185 g/mol. The molecule has 3 heteroatoms. The van der Waals surface area contributed by atoms with Gasteiger partial charge in [0.2, 0.25) is 0 Å². The monoisotopic (exact) mass is 184 g/mol. The zero-order valence-electron chi connectivity index (χ0n) is 7.34. The Bertz CT molecular complexity index is 271. The van der Waals surface area contributed by atoms with Gasteiger partial charge in [-0.25, -0.2) is 0 Å². The molecule has 0 unspecified atom stereocenters. The molecule has 0 radical (unpaired) electrons. The van der Waals surface area contributed by atoms with Gasteiger partial charge in [-0.2, -0.15) is 0 Å². The number of hydrogen-bond acceptors (Lipinski definition) is 2. The van der Waals surface area contributed by atoms with Crippen LogP contribution in [0.15, 0.2) is 18.2 Å². The smallest absolute Gasteiger partial charge is 0.0635 e. The minimum absolute atomic E-state index is 0.623. The van der Waals surface area contributed by atoms with Crippen molar-refractivity contribution in [1.29, 1.82) is 0 Å². The molecule has 1 aromatic rings. The van der Waals surface area contributed by atoms with Crippen LogP contribution >= 0.6 is 11.6 Å². The van der Waals surface area contributed by atoms with E-state index in [2.05, 4.69) is 4.90 Å². The summed E-state index contributed by atoms with van der Waals surface area (Å²) in [6.07, 6.45) is 0. The average Bonchev–Trinajstić information content (AvgIpc) is 1.96. The molecule has 0 heterocycles. The fraction of sp³-hybridized carbons (Fsp3) is 0.333. The number of nitrogens with two attached hydrogens (primary N) is 1. The molecule has 0 bridgehead atoms. The quantitative estimate of drug-likeness (QED) is 0.713. The van der Waals surface area contributed by atoms with Crippen molar-refractivity contribution in [1.82, 2.24) is 4.90 Å². The Labute approximate surface area is 77.9 Å². The van der Waals surface area contributed by atoms with Gasteiger partial charge in [0, 0.05) is 6.54 Å². The SMILES string of the molecule is CN(C)Cc1ccc(Cl)c(N)c1. The molecular weight excluding hydrogens is 172 g/mol. The molecule has 0 aliphatic heterocycles. The molecule has 0 saturated carbocycles. The first-order valence-electron chi connectivity index (χ1n) is 3.78. The molecular formula is C9H13ClN2. The fourth-order valence-electron chi connectivity index (χ4n) is 1.06. The van der Waals surface area contributed by atoms with Crippen LogP contribution in [0.3, 0.4) is 0 Å². The summed E-state index contributed by atoms with van der Waals surface area (Å²) in [7, 11) is 4.04. The lowest BCUT2D eigenvalue weighted by atomic mass is 10.2. The van der Waals surface area contributed by atoms with Gasteiger partial charge in [0.25, 0.3) is 0 Å². The lowest BCUT2D eigenvalue weighted by Crippen LogP contribution is -2.10. The Morgan fingerprint density at radius 1 is 1.42 bits per heavy atom. The summed E-state index contributed by atoms with van der Waals surface area (Å²) in [5.74, 6) is 0. The van der Waals surface area contributed by atoms with Crippen molar-refractivity contribution in [3.05, 3.63) is 28.8 Å². The molecule has 0 atom stereocenters. The summed E-state index contributed by atoms with van der Waals surface area (Å²) < 4.78 is 0. The van der Waals surface area contributed by atoms with Gasteiger partial charge in [-0.15, -0.1) is 0 Å². The van der Waals surface area contributed by atoms with Gasteiger partial charge in [0.05, 0.1) is 10.7 Å². The van der Waals surface area contributed by atoms with Crippen LogP contribution in [0, 0.1) is 0 Å². The predicted octanol–water partition coefficient (Wildman–Crippen LogP) is 1.98. The van der Waals surface area contributed by atoms with Gasteiger partial charge in [0.15, 0.2) is 0 Å². The summed E-state index contributed by atoms with van der Waals surface area (Å²) >= 11 is 5.78. The van der Waals surface area contributed by atoms with Gasteiger partial charge in [-0.1, -0.05) is 17.7 Å². The minimum Gasteiger partial charge on any atom is -0.398 e. The Hall–Kier alpha value is -0.730. The number of rotatable bonds is 2. The minimum atomic E-state index is 0.623. The van der Waals surface area contributed by atoms with Crippen LogP contribution in [0.4, 0.5) is 5.69 Å². The van der Waals surface area contributed by atoms with E-state index in [1.807, 2.05) is 32.3 Å². The maximum atomic E-state index is 5.78. The van der Waals surface area contributed by atoms with Gasteiger partial charge in [0.1, 0.15) is 0 Å². The van der Waals surface area contributed by atoms with Gasteiger partial charge < -0.3 is 10.6 Å². The van der Waals surface area contributed by atoms with E-state index in [0.29, 0.717) is 10.7 Å². The molecule has 66 valence electrons. The van der Waals surface area contributed by atoms with Gasteiger partial charge >= 0.3 is 0 Å². The molecule has 0 spiro atoms. The van der Waals surface area contributed by atoms with E-state index in [9.17, 15) is 0 Å². The Morgan fingerprint density at radius 2 is 2.08 bits per heavy atom. The normalized spacial score (nSPS) is 10.7. The summed E-state index contributed by atoms with van der Waals surface area (Å²) in [5, 5.41) is 0.623. The summed E-state index contributed by atoms with van der Waals surface area (Å²) in [6.45, 7) is 0.890. The first-order valence-corrected chi connectivity index (χ1v) is 4.16. The van der Waals surface area contributed by atoms with Crippen LogP contribution in [-0.2, 0) is 6.54 Å². The lowest BCUT2D eigenvalue weighted by molar-refractivity contribution is 0.402. The number of benzene rings is 1. The van der Waals surface area contributed by atoms with Crippen LogP contribution in [0.25, 0.3) is 0 Å². The Morgan fingerprint density at radius 3 is 2.58 bits per heavy atom. The zero-order chi connectivity index (χ0) is 9.14. The molecule has 1 rings (SSSR count). The van der Waals surface area contributed by atoms with E-state index in [4.69, 9.17) is 17.3 Å². The first-order chi connectivity index (χ1) is 5.59. The van der Waals surface area contributed by atoms with E-state index < -0.39 is 0 Å². The highest BCUT2D eigenvalue weighted by molar-refractivity contribution is 6.33. The highest BCUT2D eigenvalue weighted by Gasteiger charge is 1.98. The molecule has 2 nitrogen and oxygen atoms in total. The van der Waals surface area contributed by atoms with Crippen LogP contribution < -0.4 is 5.73 Å². The van der Waals surface area contributed by atoms with Crippen LogP contribution in [0.1, 0.15) is 5.56 Å². The molecule has 0 fully saturated rings. The molecule has 0 amide bonds. The van der Waals surface area contributed by atoms with Crippen LogP contribution in [-0.4, -0.2) is 19.0 Å². The van der Waals surface area contributed by atoms with Crippen molar-refractivity contribution >= 4 is 17.3 Å². The first kappa shape index (κ1) is 9.36. The largest absolute Gasteiger partial charge is 0.398 e. The van der Waals surface area contributed by atoms with E-state index in [1.54, 1.807) is 0 Å². The van der Waals surface area contributed by atoms with Crippen molar-refractivity contribution in [3.63, 3.8) is 0 Å². The highest BCUT2D eigenvalue weighted by Crippen LogP contribution is 2.19. The number of hydrogen-bond donors (Lipinski definition) is 1. The molecule has 0 aliphatic rings. The molecule has 2 N–H and O–H groups in total. The van der Waals surface area contributed by atoms with Crippen LogP contribution in [0.2, 0.25) is 5.02 Å². The van der Waals surface area contributed by atoms with E-state index >= 15 is 0 Å². The predicted molar refractivity (Wildman–Crippen MR) is 53.3 cm³/mol. The molecule has 0 aromatic heterocycles. The van der Waals surface area contributed by atoms with Gasteiger partial charge in [-0.3, -0.25) is 0 Å². The number of halogens is 1. The summed E-state index contributed by atoms with van der Waals surface area (Å²) in [4.78, 5) is 2.09. The maximum Gasteiger partial charge on any atom is 0.0635 e. The van der Waals surface area contributed by atoms with Crippen molar-refractivity contribution < 1.29 is 0 Å². The van der Waals surface area contributed by atoms with Crippen molar-refractivity contribution in [2.24, 2.45) is 0 Å². The molecule has 12 heavy (non-hydrogen) atoms. The number of nitrogens with zero attached hydrogens (tertiary/aromatic N) is 1. The molecule has 0 saturated heterocycles. The molecule has 0 aliphatic carbocycles. The van der Waals surface area contributed by atoms with Crippen molar-refractivity contribution in [2.75, 3.05) is 19.8 Å². The van der Waals surface area contributed by atoms with E-state index in [1.165, 1.54) is 5.56 Å². The van der Waals surface area contributed by atoms with E-state index in [-0.39, 0.29) is 0 Å². The maximum absolute atomic E-state index is 5.78. The standard InChI is InChI=1S/C9H13ClN2/c1-12(2)6-7-3-4-8(10)9(11)5-7/h3-5H,6,11H2,1-2H3. The third kappa shape index (κ3) is 2.40. The second kappa shape index (κ2) is 3.78. The third-order valence-corrected chi connectivity index (χ3v) is 1.90. The Balaban J connectivity index is 2.82. The highest BCUT2D eigenvalue weighted by atomic mass is 35.5. The summed E-state index contributed by atoms with van der Waals surface area (Å²) in [6, 6.07) is 5.72. The van der Waals surface area contributed by atoms with Crippen molar-refractivity contribution in [3.8, 4) is 0 Å². The lowest BCUT2D eigenvalue weighted by Gasteiger charge is -2.10. The van der Waals surface area contributed by atoms with Gasteiger partial charge in [-0.05, 0) is 31.8 Å². The van der Waals surface area contributed by atoms with Crippen molar-refractivity contribution in [2.45, 2.75) is 6.54 Å². The number of nitrogen functional groups attached to an aromatic ring is 1. The summed E-state index contributed by atoms with van der Waals surface area (Å²) in [5.41, 5.74) is 7.48. The second-order valence-electron chi connectivity index (χ2n) is 3.09. The fourth-order valence-corrected chi connectivity index (χ4v) is 1.17. The number of anilines is 1. The van der Waals surface area contributed by atoms with E-state index in [0.717, 1.165) is 6.54 Å². The second-order valence-corrected chi connectivity index (χ2v) is 3.50. The topological polar surface area (TPSA) is 29.3 Å². The molecule has 1 aromatic carbocycles. The zero-order valence-corrected chi connectivity index (χ0v) is 8.10. The Kier molecular flexibility index (Phi) is 2.95. The van der Waals surface area contributed by atoms with Crippen LogP contribution in [0.5, 0.6) is 0 Å². The third-order valence-electron chi connectivity index (χ3n) is 1.56.